The molecule has 0 aromatic heterocycles. The van der Waals surface area contributed by atoms with Gasteiger partial charge in [-0.1, -0.05) is 29.7 Å². The number of amides is 1. The Bertz CT molecular complexity index is 422. The highest BCUT2D eigenvalue weighted by molar-refractivity contribution is 6.30. The van der Waals surface area contributed by atoms with Gasteiger partial charge in [0, 0.05) is 11.1 Å². The Balaban J connectivity index is 2.33. The molecule has 0 saturated heterocycles. The van der Waals surface area contributed by atoms with Crippen LogP contribution in [0.15, 0.2) is 24.3 Å². The van der Waals surface area contributed by atoms with Crippen molar-refractivity contribution in [2.75, 3.05) is 13.1 Å². The van der Waals surface area contributed by atoms with E-state index in [-0.39, 0.29) is 18.5 Å². The number of carbonyl (C=O) groups is 1. The summed E-state index contributed by atoms with van der Waals surface area (Å²) in [7, 11) is 0. The highest BCUT2D eigenvalue weighted by atomic mass is 35.5. The zero-order chi connectivity index (χ0) is 13.4. The molecule has 1 atom stereocenters. The van der Waals surface area contributed by atoms with Crippen LogP contribution in [-0.2, 0) is 11.2 Å². The lowest BCUT2D eigenvalue weighted by Crippen LogP contribution is -2.40. The van der Waals surface area contributed by atoms with Crippen molar-refractivity contribution in [3.05, 3.63) is 34.9 Å². The van der Waals surface area contributed by atoms with Crippen LogP contribution in [0.4, 0.5) is 0 Å². The van der Waals surface area contributed by atoms with Crippen molar-refractivity contribution >= 4 is 17.5 Å². The Kier molecular flexibility index (Phi) is 6.27. The summed E-state index contributed by atoms with van der Waals surface area (Å²) in [5, 5.41) is 6.46. The third-order valence-corrected chi connectivity index (χ3v) is 2.63. The first-order chi connectivity index (χ1) is 8.61. The summed E-state index contributed by atoms with van der Waals surface area (Å²) in [6.45, 7) is 2.61. The van der Waals surface area contributed by atoms with Gasteiger partial charge in [-0.15, -0.1) is 6.42 Å². The molecule has 0 fully saturated rings. The van der Waals surface area contributed by atoms with Gasteiger partial charge in [0.05, 0.1) is 13.1 Å². The van der Waals surface area contributed by atoms with Crippen molar-refractivity contribution in [2.24, 2.45) is 0 Å². The summed E-state index contributed by atoms with van der Waals surface area (Å²) in [4.78, 5) is 11.5. The van der Waals surface area contributed by atoms with E-state index in [0.29, 0.717) is 11.6 Å². The Morgan fingerprint density at radius 1 is 1.44 bits per heavy atom. The van der Waals surface area contributed by atoms with Crippen LogP contribution in [0.3, 0.4) is 0 Å². The molecule has 0 radical (unpaired) electrons. The average molecular weight is 265 g/mol. The minimum absolute atomic E-state index is 0.0493. The first kappa shape index (κ1) is 14.6. The van der Waals surface area contributed by atoms with Gasteiger partial charge in [-0.3, -0.25) is 10.1 Å². The van der Waals surface area contributed by atoms with E-state index in [1.165, 1.54) is 0 Å². The zero-order valence-corrected chi connectivity index (χ0v) is 11.1. The normalized spacial score (nSPS) is 11.6. The second kappa shape index (κ2) is 7.75. The molecule has 1 aromatic carbocycles. The molecule has 3 nitrogen and oxygen atoms in total. The van der Waals surface area contributed by atoms with Crippen molar-refractivity contribution in [2.45, 2.75) is 19.4 Å². The minimum Gasteiger partial charge on any atom is -0.352 e. The van der Waals surface area contributed by atoms with Gasteiger partial charge in [-0.25, -0.2) is 0 Å². The average Bonchev–Trinajstić information content (AvgIpc) is 2.32. The number of benzene rings is 1. The van der Waals surface area contributed by atoms with E-state index in [1.807, 2.05) is 31.2 Å². The number of carbonyl (C=O) groups excluding carboxylic acids is 1. The molecule has 0 aliphatic carbocycles. The van der Waals surface area contributed by atoms with Crippen LogP contribution < -0.4 is 10.6 Å². The molecule has 4 heteroatoms. The van der Waals surface area contributed by atoms with E-state index in [1.54, 1.807) is 0 Å². The number of hydrogen-bond acceptors (Lipinski definition) is 2. The van der Waals surface area contributed by atoms with Crippen molar-refractivity contribution in [3.8, 4) is 12.3 Å². The lowest BCUT2D eigenvalue weighted by Gasteiger charge is -2.14. The molecule has 0 aliphatic heterocycles. The van der Waals surface area contributed by atoms with E-state index in [9.17, 15) is 4.79 Å². The molecule has 0 spiro atoms. The Hall–Kier alpha value is -1.50. The Morgan fingerprint density at radius 2 is 2.11 bits per heavy atom. The van der Waals surface area contributed by atoms with E-state index in [0.717, 1.165) is 12.0 Å². The highest BCUT2D eigenvalue weighted by Gasteiger charge is 2.07. The fraction of sp³-hybridized carbons (Fsp3) is 0.357. The minimum atomic E-state index is -0.0493. The van der Waals surface area contributed by atoms with Gasteiger partial charge in [0.2, 0.25) is 5.91 Å². The summed E-state index contributed by atoms with van der Waals surface area (Å²) >= 11 is 5.81. The fourth-order valence-corrected chi connectivity index (χ4v) is 1.73. The van der Waals surface area contributed by atoms with Gasteiger partial charge in [0.15, 0.2) is 0 Å². The number of halogens is 1. The van der Waals surface area contributed by atoms with Crippen molar-refractivity contribution in [3.63, 3.8) is 0 Å². The van der Waals surface area contributed by atoms with Crippen LogP contribution in [0.25, 0.3) is 0 Å². The maximum atomic E-state index is 11.5. The fourth-order valence-electron chi connectivity index (χ4n) is 1.60. The molecule has 1 amide bonds. The molecule has 1 aromatic rings. The van der Waals surface area contributed by atoms with Crippen molar-refractivity contribution in [1.29, 1.82) is 0 Å². The van der Waals surface area contributed by atoms with Gasteiger partial charge < -0.3 is 5.32 Å². The SMILES string of the molecule is C#CCNCC(=O)NC(C)Cc1ccc(Cl)cc1. The number of nitrogens with one attached hydrogen (secondary N) is 2. The summed E-state index contributed by atoms with van der Waals surface area (Å²) in [6, 6.07) is 7.69. The topological polar surface area (TPSA) is 41.1 Å². The first-order valence-corrected chi connectivity index (χ1v) is 6.17. The summed E-state index contributed by atoms with van der Waals surface area (Å²) in [5.41, 5.74) is 1.14. The lowest BCUT2D eigenvalue weighted by atomic mass is 10.1. The van der Waals surface area contributed by atoms with Crippen LogP contribution in [-0.4, -0.2) is 25.0 Å². The van der Waals surface area contributed by atoms with Gasteiger partial charge in [-0.05, 0) is 31.0 Å². The molecule has 96 valence electrons. The summed E-state index contributed by atoms with van der Waals surface area (Å²) < 4.78 is 0. The molecule has 1 rings (SSSR count). The lowest BCUT2D eigenvalue weighted by molar-refractivity contribution is -0.120. The molecule has 0 aliphatic rings. The quantitative estimate of drug-likeness (QED) is 0.605. The standard InChI is InChI=1S/C14H17ClN2O/c1-3-8-16-10-14(18)17-11(2)9-12-4-6-13(15)7-5-12/h1,4-7,11,16H,8-10H2,2H3,(H,17,18). The van der Waals surface area contributed by atoms with Crippen LogP contribution in [0.5, 0.6) is 0 Å². The van der Waals surface area contributed by atoms with Crippen LogP contribution >= 0.6 is 11.6 Å². The van der Waals surface area contributed by atoms with E-state index in [2.05, 4.69) is 16.6 Å². The third kappa shape index (κ3) is 5.72. The van der Waals surface area contributed by atoms with Crippen LogP contribution in [0.2, 0.25) is 5.02 Å². The van der Waals surface area contributed by atoms with Gasteiger partial charge in [0.1, 0.15) is 0 Å². The first-order valence-electron chi connectivity index (χ1n) is 5.80. The predicted octanol–water partition coefficient (Wildman–Crippen LogP) is 1.61. The maximum Gasteiger partial charge on any atom is 0.234 e. The van der Waals surface area contributed by atoms with E-state index < -0.39 is 0 Å². The molecule has 0 heterocycles. The second-order valence-corrected chi connectivity index (χ2v) is 4.54. The molecule has 2 N–H and O–H groups in total. The summed E-state index contributed by atoms with van der Waals surface area (Å²) in [6.07, 6.45) is 5.85. The smallest absolute Gasteiger partial charge is 0.234 e. The molecule has 0 bridgehead atoms. The monoisotopic (exact) mass is 264 g/mol. The van der Waals surface area contributed by atoms with Gasteiger partial charge >= 0.3 is 0 Å². The number of rotatable bonds is 6. The predicted molar refractivity (Wildman–Crippen MR) is 74.5 cm³/mol. The molecule has 18 heavy (non-hydrogen) atoms. The number of hydrogen-bond donors (Lipinski definition) is 2. The third-order valence-electron chi connectivity index (χ3n) is 2.38. The van der Waals surface area contributed by atoms with Gasteiger partial charge in [0.25, 0.3) is 0 Å². The second-order valence-electron chi connectivity index (χ2n) is 4.11. The van der Waals surface area contributed by atoms with Crippen molar-refractivity contribution in [1.82, 2.24) is 10.6 Å². The maximum absolute atomic E-state index is 11.5. The van der Waals surface area contributed by atoms with E-state index in [4.69, 9.17) is 18.0 Å². The molecule has 1 unspecified atom stereocenters. The Labute approximate surface area is 113 Å². The van der Waals surface area contributed by atoms with Crippen LogP contribution in [0.1, 0.15) is 12.5 Å². The summed E-state index contributed by atoms with van der Waals surface area (Å²) in [5.74, 6) is 2.37. The largest absolute Gasteiger partial charge is 0.352 e. The molecular formula is C14H17ClN2O. The number of terminal acetylenes is 1. The molecular weight excluding hydrogens is 248 g/mol. The zero-order valence-electron chi connectivity index (χ0n) is 10.4. The Morgan fingerprint density at radius 3 is 2.72 bits per heavy atom. The van der Waals surface area contributed by atoms with Gasteiger partial charge in [-0.2, -0.15) is 0 Å². The highest BCUT2D eigenvalue weighted by Crippen LogP contribution is 2.10. The van der Waals surface area contributed by atoms with Crippen molar-refractivity contribution < 1.29 is 4.79 Å². The van der Waals surface area contributed by atoms with E-state index >= 15 is 0 Å². The molecule has 0 saturated carbocycles. The van der Waals surface area contributed by atoms with Crippen LogP contribution in [0, 0.1) is 12.3 Å².